The van der Waals surface area contributed by atoms with Gasteiger partial charge in [-0.1, -0.05) is 6.07 Å². The van der Waals surface area contributed by atoms with Gasteiger partial charge in [-0.2, -0.15) is 13.2 Å². The van der Waals surface area contributed by atoms with E-state index in [2.05, 4.69) is 4.74 Å². The number of halogens is 4. The molecule has 0 atom stereocenters. The molecule has 0 radical (unpaired) electrons. The third-order valence-electron chi connectivity index (χ3n) is 2.03. The smallest absolute Gasteiger partial charge is 0.422 e. The molecular weight excluding hydrogens is 293 g/mol. The fourth-order valence-corrected chi connectivity index (χ4v) is 2.55. The Morgan fingerprint density at radius 3 is 2.28 bits per heavy atom. The summed E-state index contributed by atoms with van der Waals surface area (Å²) in [6.45, 7) is 1.48. The normalized spacial score (nSPS) is 12.6. The molecule has 0 amide bonds. The fourth-order valence-electron chi connectivity index (χ4n) is 1.44. The topological polar surface area (TPSA) is 43.4 Å². The van der Waals surface area contributed by atoms with Crippen LogP contribution < -0.4 is 4.74 Å². The summed E-state index contributed by atoms with van der Waals surface area (Å²) in [5.41, 5.74) is 0.838. The number of hydrogen-bond acceptors (Lipinski definition) is 3. The van der Waals surface area contributed by atoms with Gasteiger partial charge < -0.3 is 4.74 Å². The molecule has 8 heteroatoms. The van der Waals surface area contributed by atoms with Crippen LogP contribution in [0, 0.1) is 13.8 Å². The minimum Gasteiger partial charge on any atom is -0.482 e. The molecule has 0 fully saturated rings. The standard InChI is InChI=1S/C10H10ClF3O3S/c1-6-3-7(2)9(17-5-10(12,13)14)8(4-6)18(11,15)16/h3-4H,5H2,1-2H3. The van der Waals surface area contributed by atoms with Gasteiger partial charge >= 0.3 is 6.18 Å². The van der Waals surface area contributed by atoms with Crippen LogP contribution in [0.1, 0.15) is 11.1 Å². The molecule has 1 aromatic rings. The van der Waals surface area contributed by atoms with Crippen LogP contribution >= 0.6 is 10.7 Å². The van der Waals surface area contributed by atoms with Crippen LogP contribution in [0.3, 0.4) is 0 Å². The highest BCUT2D eigenvalue weighted by Gasteiger charge is 2.30. The van der Waals surface area contributed by atoms with Crippen LogP contribution in [-0.2, 0) is 9.05 Å². The summed E-state index contributed by atoms with van der Waals surface area (Å²) >= 11 is 0. The summed E-state index contributed by atoms with van der Waals surface area (Å²) in [6, 6.07) is 2.68. The first-order valence-corrected chi connectivity index (χ1v) is 7.07. The quantitative estimate of drug-likeness (QED) is 0.806. The van der Waals surface area contributed by atoms with Crippen molar-refractivity contribution in [3.8, 4) is 5.75 Å². The maximum Gasteiger partial charge on any atom is 0.422 e. The Kier molecular flexibility index (Phi) is 4.17. The lowest BCUT2D eigenvalue weighted by Gasteiger charge is -2.14. The minimum atomic E-state index is -4.55. The molecule has 3 nitrogen and oxygen atoms in total. The van der Waals surface area contributed by atoms with Gasteiger partial charge in [0, 0.05) is 10.7 Å². The highest BCUT2D eigenvalue weighted by atomic mass is 35.7. The second-order valence-electron chi connectivity index (χ2n) is 3.75. The average Bonchev–Trinajstić information content (AvgIpc) is 2.12. The van der Waals surface area contributed by atoms with Crippen molar-refractivity contribution in [2.45, 2.75) is 24.9 Å². The summed E-state index contributed by atoms with van der Waals surface area (Å²) in [4.78, 5) is -0.453. The van der Waals surface area contributed by atoms with Gasteiger partial charge in [-0.25, -0.2) is 8.42 Å². The molecule has 0 aromatic heterocycles. The lowest BCUT2D eigenvalue weighted by atomic mass is 10.1. The van der Waals surface area contributed by atoms with E-state index in [1.807, 2.05) is 0 Å². The zero-order valence-corrected chi connectivity index (χ0v) is 11.1. The molecule has 0 N–H and O–H groups in total. The second kappa shape index (κ2) is 4.97. The predicted molar refractivity (Wildman–Crippen MR) is 60.5 cm³/mol. The maximum atomic E-state index is 12.1. The first kappa shape index (κ1) is 15.1. The first-order valence-electron chi connectivity index (χ1n) is 4.76. The molecule has 18 heavy (non-hydrogen) atoms. The van der Waals surface area contributed by atoms with Crippen LogP contribution in [0.25, 0.3) is 0 Å². The molecule has 0 aliphatic heterocycles. The summed E-state index contributed by atoms with van der Waals surface area (Å²) in [5, 5.41) is 0. The predicted octanol–water partition coefficient (Wildman–Crippen LogP) is 3.17. The molecule has 0 saturated heterocycles. The summed E-state index contributed by atoms with van der Waals surface area (Å²) in [7, 11) is 1.00. The third-order valence-corrected chi connectivity index (χ3v) is 3.36. The first-order chi connectivity index (χ1) is 8.00. The van der Waals surface area contributed by atoms with E-state index < -0.39 is 26.7 Å². The zero-order valence-electron chi connectivity index (χ0n) is 9.51. The molecule has 0 spiro atoms. The Bertz CT molecular complexity index is 552. The number of ether oxygens (including phenoxy) is 1. The van der Waals surface area contributed by atoms with Crippen LogP contribution in [0.15, 0.2) is 17.0 Å². The molecule has 1 rings (SSSR count). The van der Waals surface area contributed by atoms with Crippen molar-refractivity contribution in [2.75, 3.05) is 6.61 Å². The number of benzene rings is 1. The van der Waals surface area contributed by atoms with Gasteiger partial charge in [-0.15, -0.1) is 0 Å². The van der Waals surface area contributed by atoms with Crippen molar-refractivity contribution in [1.29, 1.82) is 0 Å². The van der Waals surface area contributed by atoms with E-state index in [0.717, 1.165) is 0 Å². The Labute approximate surface area is 107 Å². The van der Waals surface area contributed by atoms with Crippen LogP contribution in [0.2, 0.25) is 0 Å². The van der Waals surface area contributed by atoms with Crippen LogP contribution in [0.5, 0.6) is 5.75 Å². The zero-order chi connectivity index (χ0) is 14.1. The molecule has 0 aliphatic carbocycles. The van der Waals surface area contributed by atoms with Crippen molar-refractivity contribution in [1.82, 2.24) is 0 Å². The number of rotatable bonds is 3. The Morgan fingerprint density at radius 1 is 1.28 bits per heavy atom. The molecule has 1 aromatic carbocycles. The van der Waals surface area contributed by atoms with Crippen molar-refractivity contribution in [3.05, 3.63) is 23.3 Å². The molecule has 0 saturated carbocycles. The fraction of sp³-hybridized carbons (Fsp3) is 0.400. The SMILES string of the molecule is Cc1cc(C)c(OCC(F)(F)F)c(S(=O)(=O)Cl)c1. The molecule has 0 heterocycles. The van der Waals surface area contributed by atoms with E-state index in [1.54, 1.807) is 6.92 Å². The van der Waals surface area contributed by atoms with E-state index in [4.69, 9.17) is 10.7 Å². The average molecular weight is 303 g/mol. The lowest BCUT2D eigenvalue weighted by molar-refractivity contribution is -0.153. The maximum absolute atomic E-state index is 12.1. The molecular formula is C10H10ClF3O3S. The summed E-state index contributed by atoms with van der Waals surface area (Å²) in [5.74, 6) is -0.368. The summed E-state index contributed by atoms with van der Waals surface area (Å²) < 4.78 is 63.3. The molecule has 102 valence electrons. The Balaban J connectivity index is 3.25. The van der Waals surface area contributed by atoms with Gasteiger partial charge in [0.05, 0.1) is 0 Å². The van der Waals surface area contributed by atoms with Crippen LogP contribution in [-0.4, -0.2) is 21.2 Å². The largest absolute Gasteiger partial charge is 0.482 e. The number of hydrogen-bond donors (Lipinski definition) is 0. The van der Waals surface area contributed by atoms with E-state index in [1.165, 1.54) is 19.1 Å². The van der Waals surface area contributed by atoms with Crippen LogP contribution in [0.4, 0.5) is 13.2 Å². The van der Waals surface area contributed by atoms with E-state index >= 15 is 0 Å². The minimum absolute atomic E-state index is 0.276. The number of aryl methyl sites for hydroxylation is 2. The third kappa shape index (κ3) is 4.06. The second-order valence-corrected chi connectivity index (χ2v) is 6.29. The Morgan fingerprint density at radius 2 is 1.83 bits per heavy atom. The molecule has 0 bridgehead atoms. The van der Waals surface area contributed by atoms with Crippen molar-refractivity contribution in [3.63, 3.8) is 0 Å². The van der Waals surface area contributed by atoms with E-state index in [0.29, 0.717) is 5.56 Å². The van der Waals surface area contributed by atoms with Gasteiger partial charge in [-0.3, -0.25) is 0 Å². The van der Waals surface area contributed by atoms with Gasteiger partial charge in [0.15, 0.2) is 6.61 Å². The van der Waals surface area contributed by atoms with E-state index in [9.17, 15) is 21.6 Å². The highest BCUT2D eigenvalue weighted by molar-refractivity contribution is 8.13. The van der Waals surface area contributed by atoms with Crippen molar-refractivity contribution < 1.29 is 26.3 Å². The highest BCUT2D eigenvalue weighted by Crippen LogP contribution is 2.32. The van der Waals surface area contributed by atoms with Crippen molar-refractivity contribution in [2.24, 2.45) is 0 Å². The van der Waals surface area contributed by atoms with Gasteiger partial charge in [0.2, 0.25) is 0 Å². The molecule has 0 unspecified atom stereocenters. The molecule has 0 aliphatic rings. The van der Waals surface area contributed by atoms with Gasteiger partial charge in [0.1, 0.15) is 10.6 Å². The number of alkyl halides is 3. The van der Waals surface area contributed by atoms with Gasteiger partial charge in [0.25, 0.3) is 9.05 Å². The monoisotopic (exact) mass is 302 g/mol. The van der Waals surface area contributed by atoms with E-state index in [-0.39, 0.29) is 11.3 Å². The Hall–Kier alpha value is -0.950. The van der Waals surface area contributed by atoms with Crippen molar-refractivity contribution >= 4 is 19.7 Å². The lowest BCUT2D eigenvalue weighted by Crippen LogP contribution is -2.20. The van der Waals surface area contributed by atoms with Gasteiger partial charge in [-0.05, 0) is 31.0 Å². The summed E-state index contributed by atoms with van der Waals surface area (Å²) in [6.07, 6.45) is -4.55.